The average molecular weight is 308 g/mol. The van der Waals surface area contributed by atoms with Gasteiger partial charge < -0.3 is 0 Å². The van der Waals surface area contributed by atoms with Gasteiger partial charge in [0.05, 0.1) is 17.5 Å². The highest BCUT2D eigenvalue weighted by Gasteiger charge is 2.33. The van der Waals surface area contributed by atoms with Crippen LogP contribution in [0.2, 0.25) is 0 Å². The predicted octanol–water partition coefficient (Wildman–Crippen LogP) is 1.35. The fourth-order valence-corrected chi connectivity index (χ4v) is 2.66. The van der Waals surface area contributed by atoms with E-state index in [1.54, 1.807) is 10.6 Å². The first-order valence-electron chi connectivity index (χ1n) is 7.07. The summed E-state index contributed by atoms with van der Waals surface area (Å²) in [5.74, 6) is -0.0246. The van der Waals surface area contributed by atoms with Crippen molar-refractivity contribution in [2.75, 3.05) is 10.6 Å². The second kappa shape index (κ2) is 5.16. The molecule has 0 aliphatic carbocycles. The number of carbonyl (C=O) groups is 2. The van der Waals surface area contributed by atoms with E-state index in [2.05, 4.69) is 25.6 Å². The molecular formula is C15H12N6O2. The number of aromatic nitrogens is 4. The molecule has 2 N–H and O–H groups in total. The molecule has 2 aromatic heterocycles. The first-order chi connectivity index (χ1) is 11.2. The first-order valence-corrected chi connectivity index (χ1v) is 7.07. The zero-order chi connectivity index (χ0) is 15.8. The van der Waals surface area contributed by atoms with Crippen molar-refractivity contribution in [1.82, 2.24) is 19.5 Å². The minimum Gasteiger partial charge on any atom is -0.297 e. The Kier molecular flexibility index (Phi) is 3.00. The van der Waals surface area contributed by atoms with E-state index in [-0.39, 0.29) is 24.2 Å². The Bertz CT molecular complexity index is 905. The van der Waals surface area contributed by atoms with Crippen LogP contribution in [-0.2, 0) is 9.59 Å². The Balaban J connectivity index is 1.75. The lowest BCUT2D eigenvalue weighted by atomic mass is 10.1. The van der Waals surface area contributed by atoms with E-state index in [0.29, 0.717) is 5.95 Å². The van der Waals surface area contributed by atoms with Gasteiger partial charge in [-0.05, 0) is 18.2 Å². The van der Waals surface area contributed by atoms with Crippen molar-refractivity contribution >= 4 is 34.7 Å². The second-order valence-corrected chi connectivity index (χ2v) is 5.12. The lowest BCUT2D eigenvalue weighted by molar-refractivity contribution is -0.124. The minimum absolute atomic E-state index is 0.0338. The molecule has 8 nitrogen and oxygen atoms in total. The number of nitrogens with zero attached hydrogens (tertiary/aromatic N) is 4. The van der Waals surface area contributed by atoms with E-state index in [4.69, 9.17) is 0 Å². The Morgan fingerprint density at radius 3 is 2.83 bits per heavy atom. The third-order valence-electron chi connectivity index (χ3n) is 3.64. The molecule has 23 heavy (non-hydrogen) atoms. The number of para-hydroxylation sites is 2. The van der Waals surface area contributed by atoms with Crippen LogP contribution in [0, 0.1) is 0 Å². The van der Waals surface area contributed by atoms with Crippen LogP contribution >= 0.6 is 0 Å². The van der Waals surface area contributed by atoms with Gasteiger partial charge in [-0.1, -0.05) is 12.1 Å². The number of hydrogen-bond donors (Lipinski definition) is 2. The standard InChI is InChI=1S/C15H12N6O2/c22-12-8-11(13(23)20-14-16-6-3-7-17-14)21-10-5-2-1-4-9(10)18-15(21)19-12/h1-7,11H,8H2,(H,18,19,22)(H,16,17,20,23). The Morgan fingerprint density at radius 1 is 1.22 bits per heavy atom. The molecule has 1 aromatic carbocycles. The molecule has 0 fully saturated rings. The Morgan fingerprint density at radius 2 is 2.00 bits per heavy atom. The fourth-order valence-electron chi connectivity index (χ4n) is 2.66. The maximum absolute atomic E-state index is 12.6. The van der Waals surface area contributed by atoms with Crippen LogP contribution in [0.15, 0.2) is 42.7 Å². The Labute approximate surface area is 130 Å². The normalized spacial score (nSPS) is 16.7. The van der Waals surface area contributed by atoms with Gasteiger partial charge in [-0.3, -0.25) is 24.8 Å². The number of imidazole rings is 1. The molecule has 1 unspecified atom stereocenters. The summed E-state index contributed by atoms with van der Waals surface area (Å²) in [5, 5.41) is 5.34. The van der Waals surface area contributed by atoms with Crippen LogP contribution in [0.5, 0.6) is 0 Å². The summed E-state index contributed by atoms with van der Waals surface area (Å²) in [5.41, 5.74) is 1.51. The monoisotopic (exact) mass is 308 g/mol. The molecule has 3 aromatic rings. The number of rotatable bonds is 2. The predicted molar refractivity (Wildman–Crippen MR) is 82.7 cm³/mol. The summed E-state index contributed by atoms with van der Waals surface area (Å²) in [4.78, 5) is 36.8. The van der Waals surface area contributed by atoms with Crippen LogP contribution < -0.4 is 10.6 Å². The minimum atomic E-state index is -0.699. The summed E-state index contributed by atoms with van der Waals surface area (Å²) in [6.45, 7) is 0. The maximum Gasteiger partial charge on any atom is 0.250 e. The van der Waals surface area contributed by atoms with Crippen molar-refractivity contribution < 1.29 is 9.59 Å². The molecule has 1 aliphatic rings. The number of benzene rings is 1. The number of amides is 2. The highest BCUT2D eigenvalue weighted by Crippen LogP contribution is 2.30. The van der Waals surface area contributed by atoms with Crippen LogP contribution in [0.1, 0.15) is 12.5 Å². The van der Waals surface area contributed by atoms with Gasteiger partial charge in [0.15, 0.2) is 0 Å². The maximum atomic E-state index is 12.6. The smallest absolute Gasteiger partial charge is 0.250 e. The highest BCUT2D eigenvalue weighted by atomic mass is 16.2. The number of hydrogen-bond acceptors (Lipinski definition) is 5. The van der Waals surface area contributed by atoms with E-state index < -0.39 is 6.04 Å². The summed E-state index contributed by atoms with van der Waals surface area (Å²) in [6.07, 6.45) is 3.11. The largest absolute Gasteiger partial charge is 0.297 e. The number of carbonyl (C=O) groups excluding carboxylic acids is 2. The third-order valence-corrected chi connectivity index (χ3v) is 3.64. The molecule has 0 saturated carbocycles. The van der Waals surface area contributed by atoms with E-state index in [1.807, 2.05) is 24.3 Å². The molecule has 0 bridgehead atoms. The molecule has 2 amide bonds. The molecule has 0 radical (unpaired) electrons. The molecule has 1 aliphatic heterocycles. The van der Waals surface area contributed by atoms with E-state index in [1.165, 1.54) is 12.4 Å². The summed E-state index contributed by atoms with van der Waals surface area (Å²) in [6, 6.07) is 8.38. The van der Waals surface area contributed by atoms with E-state index in [0.717, 1.165) is 11.0 Å². The van der Waals surface area contributed by atoms with Crippen molar-refractivity contribution in [3.05, 3.63) is 42.7 Å². The van der Waals surface area contributed by atoms with Crippen molar-refractivity contribution in [3.63, 3.8) is 0 Å². The zero-order valence-electron chi connectivity index (χ0n) is 11.9. The molecule has 3 heterocycles. The number of fused-ring (bicyclic) bond motifs is 3. The zero-order valence-corrected chi connectivity index (χ0v) is 11.9. The molecule has 8 heteroatoms. The van der Waals surface area contributed by atoms with Crippen LogP contribution in [-0.4, -0.2) is 31.3 Å². The van der Waals surface area contributed by atoms with Gasteiger partial charge in [-0.15, -0.1) is 0 Å². The van der Waals surface area contributed by atoms with E-state index >= 15 is 0 Å². The lowest BCUT2D eigenvalue weighted by Gasteiger charge is -2.24. The van der Waals surface area contributed by atoms with Gasteiger partial charge in [-0.25, -0.2) is 15.0 Å². The second-order valence-electron chi connectivity index (χ2n) is 5.12. The SMILES string of the molecule is O=C1CC(C(=O)Nc2ncccn2)n2c(nc3ccccc32)N1. The summed E-state index contributed by atoms with van der Waals surface area (Å²) < 4.78 is 1.73. The van der Waals surface area contributed by atoms with Gasteiger partial charge in [0, 0.05) is 12.4 Å². The van der Waals surface area contributed by atoms with Crippen LogP contribution in [0.25, 0.3) is 11.0 Å². The van der Waals surface area contributed by atoms with Gasteiger partial charge in [0.1, 0.15) is 6.04 Å². The number of anilines is 2. The first kappa shape index (κ1) is 13.4. The molecular weight excluding hydrogens is 296 g/mol. The molecule has 0 spiro atoms. The molecule has 0 saturated heterocycles. The van der Waals surface area contributed by atoms with Gasteiger partial charge >= 0.3 is 0 Å². The topological polar surface area (TPSA) is 102 Å². The van der Waals surface area contributed by atoms with Crippen molar-refractivity contribution in [2.45, 2.75) is 12.5 Å². The van der Waals surface area contributed by atoms with Crippen LogP contribution in [0.4, 0.5) is 11.9 Å². The third kappa shape index (κ3) is 2.30. The quantitative estimate of drug-likeness (QED) is 0.744. The average Bonchev–Trinajstić information content (AvgIpc) is 2.93. The summed E-state index contributed by atoms with van der Waals surface area (Å²) in [7, 11) is 0. The lowest BCUT2D eigenvalue weighted by Crippen LogP contribution is -2.35. The Hall–Kier alpha value is -3.29. The molecule has 114 valence electrons. The van der Waals surface area contributed by atoms with Gasteiger partial charge in [0.2, 0.25) is 23.7 Å². The van der Waals surface area contributed by atoms with Crippen molar-refractivity contribution in [1.29, 1.82) is 0 Å². The van der Waals surface area contributed by atoms with Crippen LogP contribution in [0.3, 0.4) is 0 Å². The molecule has 1 atom stereocenters. The van der Waals surface area contributed by atoms with Crippen molar-refractivity contribution in [3.8, 4) is 0 Å². The number of nitrogens with one attached hydrogen (secondary N) is 2. The fraction of sp³-hybridized carbons (Fsp3) is 0.133. The van der Waals surface area contributed by atoms with Gasteiger partial charge in [-0.2, -0.15) is 0 Å². The van der Waals surface area contributed by atoms with E-state index in [9.17, 15) is 9.59 Å². The summed E-state index contributed by atoms with van der Waals surface area (Å²) >= 11 is 0. The molecule has 4 rings (SSSR count). The van der Waals surface area contributed by atoms with Gasteiger partial charge in [0.25, 0.3) is 0 Å². The van der Waals surface area contributed by atoms with Crippen molar-refractivity contribution in [2.24, 2.45) is 0 Å². The highest BCUT2D eigenvalue weighted by molar-refractivity contribution is 6.02.